The Labute approximate surface area is 124 Å². The van der Waals surface area contributed by atoms with Gasteiger partial charge in [0, 0.05) is 32.4 Å². The zero-order chi connectivity index (χ0) is 14.7. The lowest BCUT2D eigenvalue weighted by Crippen LogP contribution is -2.47. The number of nitrogens with zero attached hydrogens (tertiary/aromatic N) is 4. The molecule has 2 heterocycles. The number of aromatic nitrogens is 2. The van der Waals surface area contributed by atoms with E-state index in [1.165, 1.54) is 0 Å². The zero-order valence-electron chi connectivity index (χ0n) is 12.3. The van der Waals surface area contributed by atoms with E-state index in [-0.39, 0.29) is 5.91 Å². The average molecular weight is 284 g/mol. The Morgan fingerprint density at radius 2 is 1.86 bits per heavy atom. The van der Waals surface area contributed by atoms with Crippen molar-refractivity contribution in [1.29, 1.82) is 0 Å². The van der Waals surface area contributed by atoms with Gasteiger partial charge in [-0.3, -0.25) is 4.79 Å². The Morgan fingerprint density at radius 1 is 1.14 bits per heavy atom. The first-order valence-electron chi connectivity index (χ1n) is 7.28. The van der Waals surface area contributed by atoms with Crippen LogP contribution in [0, 0.1) is 0 Å². The van der Waals surface area contributed by atoms with E-state index in [9.17, 15) is 4.79 Å². The summed E-state index contributed by atoms with van der Waals surface area (Å²) in [6.07, 6.45) is 4.14. The smallest absolute Gasteiger partial charge is 0.227 e. The van der Waals surface area contributed by atoms with Crippen molar-refractivity contribution in [3.63, 3.8) is 0 Å². The molecule has 1 amide bonds. The van der Waals surface area contributed by atoms with Gasteiger partial charge in [0.25, 0.3) is 0 Å². The van der Waals surface area contributed by atoms with Gasteiger partial charge in [0.2, 0.25) is 5.91 Å². The Kier molecular flexibility index (Phi) is 4.01. The average Bonchev–Trinajstić information content (AvgIpc) is 2.97. The van der Waals surface area contributed by atoms with Gasteiger partial charge < -0.3 is 9.80 Å². The van der Waals surface area contributed by atoms with Gasteiger partial charge in [-0.2, -0.15) is 5.10 Å². The molecule has 1 fully saturated rings. The fourth-order valence-corrected chi connectivity index (χ4v) is 2.52. The fraction of sp³-hybridized carbons (Fsp3) is 0.375. The standard InChI is InChI=1S/C16H20N4O/c1-18-7-9-19(10-8-18)16(21)11-14-12-17-20(13-14)15-5-3-2-4-6-15/h2-6,12-13H,7-11H2,1H3. The maximum atomic E-state index is 12.3. The van der Waals surface area contributed by atoms with Crippen LogP contribution in [0.3, 0.4) is 0 Å². The molecule has 0 spiro atoms. The van der Waals surface area contributed by atoms with Crippen LogP contribution in [0.1, 0.15) is 5.56 Å². The molecule has 5 nitrogen and oxygen atoms in total. The van der Waals surface area contributed by atoms with Crippen LogP contribution in [0.25, 0.3) is 5.69 Å². The van der Waals surface area contributed by atoms with Gasteiger partial charge in [-0.15, -0.1) is 0 Å². The summed E-state index contributed by atoms with van der Waals surface area (Å²) in [7, 11) is 2.09. The highest BCUT2D eigenvalue weighted by molar-refractivity contribution is 5.78. The molecule has 0 bridgehead atoms. The highest BCUT2D eigenvalue weighted by Crippen LogP contribution is 2.10. The van der Waals surface area contributed by atoms with Crippen LogP contribution in [0.15, 0.2) is 42.7 Å². The molecular weight excluding hydrogens is 264 g/mol. The van der Waals surface area contributed by atoms with Crippen molar-refractivity contribution in [2.24, 2.45) is 0 Å². The molecule has 0 unspecified atom stereocenters. The van der Waals surface area contributed by atoms with E-state index in [0.29, 0.717) is 6.42 Å². The van der Waals surface area contributed by atoms with E-state index >= 15 is 0 Å². The second-order valence-electron chi connectivity index (χ2n) is 5.49. The van der Waals surface area contributed by atoms with Crippen LogP contribution in [-0.4, -0.2) is 58.7 Å². The van der Waals surface area contributed by atoms with Crippen LogP contribution in [0.5, 0.6) is 0 Å². The van der Waals surface area contributed by atoms with E-state index in [1.54, 1.807) is 6.20 Å². The minimum atomic E-state index is 0.190. The minimum Gasteiger partial charge on any atom is -0.340 e. The largest absolute Gasteiger partial charge is 0.340 e. The summed E-state index contributed by atoms with van der Waals surface area (Å²) >= 11 is 0. The lowest BCUT2D eigenvalue weighted by Gasteiger charge is -2.32. The Hall–Kier alpha value is -2.14. The molecule has 5 heteroatoms. The van der Waals surface area contributed by atoms with Crippen LogP contribution < -0.4 is 0 Å². The van der Waals surface area contributed by atoms with Gasteiger partial charge in [-0.05, 0) is 24.7 Å². The molecule has 110 valence electrons. The molecule has 1 aliphatic heterocycles. The SMILES string of the molecule is CN1CCN(C(=O)Cc2cnn(-c3ccccc3)c2)CC1. The molecule has 1 saturated heterocycles. The third-order valence-electron chi connectivity index (χ3n) is 3.87. The first-order valence-corrected chi connectivity index (χ1v) is 7.28. The second kappa shape index (κ2) is 6.10. The molecular formula is C16H20N4O. The van der Waals surface area contributed by atoms with Crippen molar-refractivity contribution >= 4 is 5.91 Å². The van der Waals surface area contributed by atoms with Crippen LogP contribution in [-0.2, 0) is 11.2 Å². The normalized spacial score (nSPS) is 16.1. The van der Waals surface area contributed by atoms with Crippen molar-refractivity contribution in [1.82, 2.24) is 19.6 Å². The van der Waals surface area contributed by atoms with Gasteiger partial charge in [0.1, 0.15) is 0 Å². The van der Waals surface area contributed by atoms with E-state index in [1.807, 2.05) is 46.1 Å². The number of likely N-dealkylation sites (N-methyl/N-ethyl adjacent to an activating group) is 1. The third kappa shape index (κ3) is 3.31. The number of piperazine rings is 1. The van der Waals surface area contributed by atoms with E-state index in [2.05, 4.69) is 17.0 Å². The van der Waals surface area contributed by atoms with Gasteiger partial charge in [0.15, 0.2) is 0 Å². The lowest BCUT2D eigenvalue weighted by atomic mass is 10.2. The van der Waals surface area contributed by atoms with Gasteiger partial charge in [-0.25, -0.2) is 4.68 Å². The van der Waals surface area contributed by atoms with E-state index in [0.717, 1.165) is 37.4 Å². The summed E-state index contributed by atoms with van der Waals surface area (Å²) < 4.78 is 1.81. The monoisotopic (exact) mass is 284 g/mol. The van der Waals surface area contributed by atoms with Gasteiger partial charge >= 0.3 is 0 Å². The molecule has 0 radical (unpaired) electrons. The molecule has 0 aliphatic carbocycles. The van der Waals surface area contributed by atoms with Crippen LogP contribution in [0.2, 0.25) is 0 Å². The molecule has 1 aromatic heterocycles. The van der Waals surface area contributed by atoms with Crippen molar-refractivity contribution < 1.29 is 4.79 Å². The highest BCUT2D eigenvalue weighted by atomic mass is 16.2. The second-order valence-corrected chi connectivity index (χ2v) is 5.49. The number of hydrogen-bond acceptors (Lipinski definition) is 3. The molecule has 0 N–H and O–H groups in total. The topological polar surface area (TPSA) is 41.4 Å². The number of benzene rings is 1. The first-order chi connectivity index (χ1) is 10.2. The maximum Gasteiger partial charge on any atom is 0.227 e. The lowest BCUT2D eigenvalue weighted by molar-refractivity contribution is -0.132. The molecule has 1 aliphatic rings. The van der Waals surface area contributed by atoms with Crippen molar-refractivity contribution in [2.45, 2.75) is 6.42 Å². The summed E-state index contributed by atoms with van der Waals surface area (Å²) in [6.45, 7) is 3.55. The molecule has 1 aromatic carbocycles. The maximum absolute atomic E-state index is 12.3. The minimum absolute atomic E-state index is 0.190. The van der Waals surface area contributed by atoms with Gasteiger partial charge in [-0.1, -0.05) is 18.2 Å². The van der Waals surface area contributed by atoms with E-state index in [4.69, 9.17) is 0 Å². The quantitative estimate of drug-likeness (QED) is 0.850. The number of carbonyl (C=O) groups is 1. The Balaban J connectivity index is 1.63. The number of carbonyl (C=O) groups excluding carboxylic acids is 1. The van der Waals surface area contributed by atoms with Crippen molar-refractivity contribution in [2.75, 3.05) is 33.2 Å². The predicted molar refractivity (Wildman–Crippen MR) is 81.3 cm³/mol. The highest BCUT2D eigenvalue weighted by Gasteiger charge is 2.19. The molecule has 0 saturated carbocycles. The fourth-order valence-electron chi connectivity index (χ4n) is 2.52. The molecule has 2 aromatic rings. The summed E-state index contributed by atoms with van der Waals surface area (Å²) in [5.41, 5.74) is 1.97. The Bertz CT molecular complexity index is 600. The number of rotatable bonds is 3. The van der Waals surface area contributed by atoms with E-state index < -0.39 is 0 Å². The van der Waals surface area contributed by atoms with Crippen molar-refractivity contribution in [3.05, 3.63) is 48.3 Å². The van der Waals surface area contributed by atoms with Crippen LogP contribution in [0.4, 0.5) is 0 Å². The summed E-state index contributed by atoms with van der Waals surface area (Å²) in [5, 5.41) is 4.33. The predicted octanol–water partition coefficient (Wildman–Crippen LogP) is 1.19. The van der Waals surface area contributed by atoms with Gasteiger partial charge in [0.05, 0.1) is 18.3 Å². The van der Waals surface area contributed by atoms with Crippen LogP contribution >= 0.6 is 0 Å². The van der Waals surface area contributed by atoms with Crippen molar-refractivity contribution in [3.8, 4) is 5.69 Å². The number of hydrogen-bond donors (Lipinski definition) is 0. The summed E-state index contributed by atoms with van der Waals surface area (Å²) in [6, 6.07) is 9.93. The molecule has 3 rings (SSSR count). The summed E-state index contributed by atoms with van der Waals surface area (Å²) in [4.78, 5) is 16.5. The summed E-state index contributed by atoms with van der Waals surface area (Å²) in [5.74, 6) is 0.190. The molecule has 21 heavy (non-hydrogen) atoms. The zero-order valence-corrected chi connectivity index (χ0v) is 12.3. The Morgan fingerprint density at radius 3 is 2.57 bits per heavy atom. The number of para-hydroxylation sites is 1. The molecule has 0 atom stereocenters. The third-order valence-corrected chi connectivity index (χ3v) is 3.87. The first kappa shape index (κ1) is 13.8. The number of amides is 1.